The van der Waals surface area contributed by atoms with Gasteiger partial charge in [-0.05, 0) is 35.8 Å². The quantitative estimate of drug-likeness (QED) is 0.390. The lowest BCUT2D eigenvalue weighted by molar-refractivity contribution is -0.266. The summed E-state index contributed by atoms with van der Waals surface area (Å²) in [6.45, 7) is 3.21. The second-order valence-corrected chi connectivity index (χ2v) is 8.91. The number of nitrogens with zero attached hydrogens (tertiary/aromatic N) is 1. The third-order valence-corrected chi connectivity index (χ3v) is 5.95. The van der Waals surface area contributed by atoms with Gasteiger partial charge in [0.1, 0.15) is 6.29 Å². The molecule has 0 bridgehead atoms. The number of carbonyl (C=O) groups excluding carboxylic acids is 1. The third kappa shape index (κ3) is 4.39. The van der Waals surface area contributed by atoms with Gasteiger partial charge in [-0.3, -0.25) is 4.79 Å². The number of carbonyl (C=O) groups is 1. The highest BCUT2D eigenvalue weighted by atomic mass is 32.2. The Balaban J connectivity index is 1.97. The van der Waals surface area contributed by atoms with Gasteiger partial charge < -0.3 is 10.1 Å². The number of pyridine rings is 1. The summed E-state index contributed by atoms with van der Waals surface area (Å²) < 4.78 is 42.1. The topological polar surface area (TPSA) is 66.0 Å². The van der Waals surface area contributed by atoms with E-state index in [2.05, 4.69) is 9.97 Å². The summed E-state index contributed by atoms with van der Waals surface area (Å²) in [5, 5.41) is 12.3. The molecule has 160 valence electrons. The van der Waals surface area contributed by atoms with Gasteiger partial charge in [0.05, 0.1) is 16.7 Å². The predicted octanol–water partition coefficient (Wildman–Crippen LogP) is 5.30. The zero-order valence-electron chi connectivity index (χ0n) is 16.9. The van der Waals surface area contributed by atoms with Crippen LogP contribution in [0.15, 0.2) is 47.6 Å². The number of aldehydes is 1. The minimum absolute atomic E-state index is 0.268. The van der Waals surface area contributed by atoms with Gasteiger partial charge in [0.2, 0.25) is 0 Å². The van der Waals surface area contributed by atoms with E-state index in [-0.39, 0.29) is 5.69 Å². The molecule has 4 nitrogen and oxygen atoms in total. The lowest BCUT2D eigenvalue weighted by Gasteiger charge is -2.38. The van der Waals surface area contributed by atoms with Crippen LogP contribution in [0.4, 0.5) is 13.2 Å². The maximum Gasteiger partial charge on any atom is 0.417 e. The summed E-state index contributed by atoms with van der Waals surface area (Å²) >= 11 is 1.44. The van der Waals surface area contributed by atoms with Gasteiger partial charge in [-0.15, -0.1) is 11.8 Å². The van der Waals surface area contributed by atoms with E-state index in [4.69, 9.17) is 0 Å². The molecule has 0 aliphatic rings. The number of hydrogen-bond donors (Lipinski definition) is 2. The Labute approximate surface area is 176 Å². The maximum absolute atomic E-state index is 14.0. The van der Waals surface area contributed by atoms with E-state index in [9.17, 15) is 23.1 Å². The Morgan fingerprint density at radius 3 is 2.53 bits per heavy atom. The van der Waals surface area contributed by atoms with Gasteiger partial charge >= 0.3 is 6.18 Å². The van der Waals surface area contributed by atoms with Crippen molar-refractivity contribution >= 4 is 29.0 Å². The number of benzene rings is 1. The smallest absolute Gasteiger partial charge is 0.380 e. The highest BCUT2D eigenvalue weighted by Gasteiger charge is 2.56. The van der Waals surface area contributed by atoms with Crippen molar-refractivity contribution in [3.05, 3.63) is 59.4 Å². The van der Waals surface area contributed by atoms with Gasteiger partial charge in [-0.2, -0.15) is 13.2 Å². The number of nitrogens with one attached hydrogen (secondary N) is 1. The van der Waals surface area contributed by atoms with E-state index in [1.54, 1.807) is 56.4 Å². The van der Waals surface area contributed by atoms with Crippen molar-refractivity contribution in [1.82, 2.24) is 9.97 Å². The number of aromatic nitrogens is 2. The van der Waals surface area contributed by atoms with Crippen LogP contribution < -0.4 is 0 Å². The molecule has 0 amide bonds. The van der Waals surface area contributed by atoms with Crippen molar-refractivity contribution in [2.45, 2.75) is 48.9 Å². The molecule has 2 heterocycles. The largest absolute Gasteiger partial charge is 0.417 e. The van der Waals surface area contributed by atoms with Crippen LogP contribution in [-0.2, 0) is 11.8 Å². The second-order valence-electron chi connectivity index (χ2n) is 8.08. The third-order valence-electron chi connectivity index (χ3n) is 5.31. The Hall–Kier alpha value is -2.32. The molecular weight excluding hydrogens is 413 g/mol. The predicted molar refractivity (Wildman–Crippen MR) is 112 cm³/mol. The van der Waals surface area contributed by atoms with Gasteiger partial charge in [-0.25, -0.2) is 4.98 Å². The molecule has 0 aliphatic carbocycles. The molecule has 0 radical (unpaired) electrons. The van der Waals surface area contributed by atoms with E-state index in [0.717, 1.165) is 10.4 Å². The van der Waals surface area contributed by atoms with Crippen molar-refractivity contribution in [1.29, 1.82) is 0 Å². The summed E-state index contributed by atoms with van der Waals surface area (Å²) in [7, 11) is 0. The molecule has 2 aromatic heterocycles. The fourth-order valence-corrected chi connectivity index (χ4v) is 4.30. The van der Waals surface area contributed by atoms with Crippen molar-refractivity contribution < 1.29 is 23.1 Å². The number of thioether (sulfide) groups is 1. The highest BCUT2D eigenvalue weighted by molar-refractivity contribution is 7.98. The molecule has 30 heavy (non-hydrogen) atoms. The first kappa shape index (κ1) is 22.4. The number of H-pyrrole nitrogens is 1. The number of hydrogen-bond acceptors (Lipinski definition) is 4. The molecule has 3 aromatic rings. The normalized spacial score (nSPS) is 14.6. The number of fused-ring (bicyclic) bond motifs is 1. The monoisotopic (exact) mass is 436 g/mol. The van der Waals surface area contributed by atoms with Crippen molar-refractivity contribution in [2.24, 2.45) is 0 Å². The van der Waals surface area contributed by atoms with E-state index in [0.29, 0.717) is 22.9 Å². The zero-order valence-corrected chi connectivity index (χ0v) is 17.7. The zero-order chi connectivity index (χ0) is 22.2. The lowest BCUT2D eigenvalue weighted by atomic mass is 9.72. The van der Waals surface area contributed by atoms with Crippen molar-refractivity contribution in [3.8, 4) is 0 Å². The van der Waals surface area contributed by atoms with E-state index < -0.39 is 30.0 Å². The number of alkyl halides is 3. The molecule has 0 fully saturated rings. The Morgan fingerprint density at radius 2 is 1.90 bits per heavy atom. The molecule has 0 saturated heterocycles. The molecule has 1 atom stereocenters. The van der Waals surface area contributed by atoms with Crippen molar-refractivity contribution in [3.63, 3.8) is 0 Å². The van der Waals surface area contributed by atoms with E-state index in [1.165, 1.54) is 11.8 Å². The second kappa shape index (κ2) is 8.07. The molecule has 1 aromatic carbocycles. The van der Waals surface area contributed by atoms with E-state index >= 15 is 0 Å². The standard InChI is InChI=1S/C22H23F3N2O2S/c1-20(2,17-7-5-4-6-14(17)12-28)13-21(29,22(23,24)25)10-16-8-15-9-19(30-3)26-11-18(15)27-16/h4-9,11-12,27,29H,10,13H2,1-3H3. The maximum atomic E-state index is 14.0. The summed E-state index contributed by atoms with van der Waals surface area (Å²) in [4.78, 5) is 18.5. The van der Waals surface area contributed by atoms with Gasteiger partial charge in [-0.1, -0.05) is 38.1 Å². The molecule has 1 unspecified atom stereocenters. The lowest BCUT2D eigenvalue weighted by Crippen LogP contribution is -2.51. The van der Waals surface area contributed by atoms with Crippen LogP contribution in [0.2, 0.25) is 0 Å². The number of rotatable bonds is 7. The van der Waals surface area contributed by atoms with Crippen LogP contribution in [0.3, 0.4) is 0 Å². The van der Waals surface area contributed by atoms with Crippen LogP contribution in [0.1, 0.15) is 41.9 Å². The minimum atomic E-state index is -4.86. The molecule has 8 heteroatoms. The average Bonchev–Trinajstić information content (AvgIpc) is 3.07. The van der Waals surface area contributed by atoms with Crippen LogP contribution in [0.25, 0.3) is 10.9 Å². The summed E-state index contributed by atoms with van der Waals surface area (Å²) in [5.74, 6) is 0. The summed E-state index contributed by atoms with van der Waals surface area (Å²) in [5.41, 5.74) is -2.42. The fraction of sp³-hybridized carbons (Fsp3) is 0.364. The molecule has 2 N–H and O–H groups in total. The van der Waals surface area contributed by atoms with Crippen LogP contribution in [0.5, 0.6) is 0 Å². The molecule has 0 aliphatic heterocycles. The average molecular weight is 436 g/mol. The highest BCUT2D eigenvalue weighted by Crippen LogP contribution is 2.43. The SMILES string of the molecule is CSc1cc2cc(CC(O)(CC(C)(C)c3ccccc3C=O)C(F)(F)F)[nH]c2cn1. The first-order valence-electron chi connectivity index (χ1n) is 9.34. The molecule has 0 spiro atoms. The number of aliphatic hydroxyl groups is 1. The van der Waals surface area contributed by atoms with Gasteiger partial charge in [0.15, 0.2) is 5.60 Å². The number of aromatic amines is 1. The molecular formula is C22H23F3N2O2S. The Morgan fingerprint density at radius 1 is 1.20 bits per heavy atom. The number of halogens is 3. The van der Waals surface area contributed by atoms with E-state index in [1.807, 2.05) is 6.26 Å². The molecule has 0 saturated carbocycles. The summed E-state index contributed by atoms with van der Waals surface area (Å²) in [6, 6.07) is 9.91. The fourth-order valence-electron chi connectivity index (χ4n) is 3.90. The molecule has 3 rings (SSSR count). The Bertz CT molecular complexity index is 1060. The summed E-state index contributed by atoms with van der Waals surface area (Å²) in [6.07, 6.45) is -2.03. The van der Waals surface area contributed by atoms with Crippen molar-refractivity contribution in [2.75, 3.05) is 6.26 Å². The van der Waals surface area contributed by atoms with Gasteiger partial charge in [0, 0.05) is 23.1 Å². The Kier molecular flexibility index (Phi) is 6.02. The first-order valence-corrected chi connectivity index (χ1v) is 10.6. The first-order chi connectivity index (χ1) is 14.0. The minimum Gasteiger partial charge on any atom is -0.380 e. The van der Waals surface area contributed by atoms with Gasteiger partial charge in [0.25, 0.3) is 0 Å². The van der Waals surface area contributed by atoms with Crippen LogP contribution in [-0.4, -0.2) is 39.4 Å². The van der Waals surface area contributed by atoms with Crippen LogP contribution >= 0.6 is 11.8 Å². The van der Waals surface area contributed by atoms with Crippen LogP contribution in [0, 0.1) is 0 Å².